The molecule has 1 fully saturated rings. The molecule has 5 nitrogen and oxygen atoms in total. The highest BCUT2D eigenvalue weighted by atomic mass is 35.5. The normalized spacial score (nSPS) is 19.5. The van der Waals surface area contributed by atoms with Crippen molar-refractivity contribution in [3.05, 3.63) is 54.1 Å². The van der Waals surface area contributed by atoms with Gasteiger partial charge in [-0.3, -0.25) is 4.79 Å². The first-order valence-corrected chi connectivity index (χ1v) is 10.2. The molecule has 1 saturated carbocycles. The van der Waals surface area contributed by atoms with Crippen molar-refractivity contribution in [2.75, 3.05) is 0 Å². The summed E-state index contributed by atoms with van der Waals surface area (Å²) in [4.78, 5) is 16.9. The number of nitrogens with zero attached hydrogens (tertiary/aromatic N) is 2. The van der Waals surface area contributed by atoms with Crippen LogP contribution in [0.2, 0.25) is 0 Å². The minimum absolute atomic E-state index is 0. The second kappa shape index (κ2) is 12.9. The van der Waals surface area contributed by atoms with E-state index >= 15 is 0 Å². The first kappa shape index (κ1) is 25.5. The average molecular weight is 441 g/mol. The highest BCUT2D eigenvalue weighted by Crippen LogP contribution is 2.27. The zero-order valence-corrected chi connectivity index (χ0v) is 18.8. The molecule has 1 aromatic heterocycles. The van der Waals surface area contributed by atoms with Gasteiger partial charge in [0, 0.05) is 25.2 Å². The monoisotopic (exact) mass is 440 g/mol. The van der Waals surface area contributed by atoms with Gasteiger partial charge in [-0.1, -0.05) is 50.1 Å². The van der Waals surface area contributed by atoms with Crippen LogP contribution in [0.3, 0.4) is 0 Å². The summed E-state index contributed by atoms with van der Waals surface area (Å²) in [6.07, 6.45) is 11.4. The number of aromatic nitrogens is 2. The molecule has 0 saturated heterocycles. The summed E-state index contributed by atoms with van der Waals surface area (Å²) < 4.78 is 2.03. The molecule has 1 heterocycles. The molecule has 1 aliphatic carbocycles. The van der Waals surface area contributed by atoms with Gasteiger partial charge in [-0.2, -0.15) is 0 Å². The molecule has 1 atom stereocenters. The van der Waals surface area contributed by atoms with Crippen LogP contribution in [0.1, 0.15) is 56.7 Å². The summed E-state index contributed by atoms with van der Waals surface area (Å²) in [7, 11) is 0. The molecule has 0 aliphatic heterocycles. The van der Waals surface area contributed by atoms with E-state index < -0.39 is 6.04 Å². The van der Waals surface area contributed by atoms with Gasteiger partial charge in [0.25, 0.3) is 0 Å². The molecule has 0 radical (unpaired) electrons. The number of rotatable bonds is 8. The Morgan fingerprint density at radius 2 is 1.90 bits per heavy atom. The zero-order chi connectivity index (χ0) is 19.1. The van der Waals surface area contributed by atoms with Crippen LogP contribution < -0.4 is 11.1 Å². The number of carbonyl (C=O) groups is 1. The number of hydrogen-bond acceptors (Lipinski definition) is 3. The third-order valence-electron chi connectivity index (χ3n) is 5.55. The lowest BCUT2D eigenvalue weighted by Gasteiger charge is -2.29. The van der Waals surface area contributed by atoms with Crippen molar-refractivity contribution in [1.29, 1.82) is 0 Å². The summed E-state index contributed by atoms with van der Waals surface area (Å²) >= 11 is 0. The number of amides is 1. The first-order chi connectivity index (χ1) is 13.1. The maximum absolute atomic E-state index is 12.4. The van der Waals surface area contributed by atoms with E-state index in [2.05, 4.69) is 29.4 Å². The standard InChI is InChI=1S/C22H32N4O.2ClH/c1-2-6-17-9-11-19(12-10-17)25-22(27)21(23)13-20-15-26(16-24-20)14-18-7-4-3-5-8-18;;/h3-5,7-8,15-17,19,21H,2,6,9-14,23H2,1H3,(H,25,27);2*1H/t17?,19?,21-;;/m0../s1. The molecular formula is C22H34Cl2N4O. The largest absolute Gasteiger partial charge is 0.352 e. The second-order valence-electron chi connectivity index (χ2n) is 7.85. The van der Waals surface area contributed by atoms with Gasteiger partial charge in [-0.05, 0) is 37.2 Å². The van der Waals surface area contributed by atoms with E-state index in [1.165, 1.54) is 31.2 Å². The van der Waals surface area contributed by atoms with Crippen LogP contribution >= 0.6 is 24.8 Å². The van der Waals surface area contributed by atoms with E-state index in [-0.39, 0.29) is 36.8 Å². The van der Waals surface area contributed by atoms with E-state index in [9.17, 15) is 4.79 Å². The number of carbonyl (C=O) groups excluding carboxylic acids is 1. The lowest BCUT2D eigenvalue weighted by atomic mass is 9.83. The Labute approximate surface area is 186 Å². The SMILES string of the molecule is CCCC1CCC(NC(=O)[C@@H](N)Cc2cn(Cc3ccccc3)cn2)CC1.Cl.Cl. The van der Waals surface area contributed by atoms with Crippen LogP contribution in [0.4, 0.5) is 0 Å². The van der Waals surface area contributed by atoms with E-state index in [0.717, 1.165) is 31.0 Å². The third kappa shape index (κ3) is 8.00. The van der Waals surface area contributed by atoms with Gasteiger partial charge in [0.05, 0.1) is 18.1 Å². The van der Waals surface area contributed by atoms with Gasteiger partial charge < -0.3 is 15.6 Å². The predicted molar refractivity (Wildman–Crippen MR) is 123 cm³/mol. The summed E-state index contributed by atoms with van der Waals surface area (Å²) in [6.45, 7) is 3.02. The lowest BCUT2D eigenvalue weighted by molar-refractivity contribution is -0.123. The lowest BCUT2D eigenvalue weighted by Crippen LogP contribution is -2.47. The number of benzene rings is 1. The Balaban J connectivity index is 0.00000210. The fourth-order valence-electron chi connectivity index (χ4n) is 4.02. The van der Waals surface area contributed by atoms with Gasteiger partial charge in [-0.15, -0.1) is 24.8 Å². The topological polar surface area (TPSA) is 72.9 Å². The third-order valence-corrected chi connectivity index (χ3v) is 5.55. The fraction of sp³-hybridized carbons (Fsp3) is 0.545. The highest BCUT2D eigenvalue weighted by molar-refractivity contribution is 5.85. The quantitative estimate of drug-likeness (QED) is 0.647. The van der Waals surface area contributed by atoms with E-state index in [1.807, 2.05) is 35.3 Å². The second-order valence-corrected chi connectivity index (χ2v) is 7.85. The Bertz CT molecular complexity index is 715. The van der Waals surface area contributed by atoms with E-state index in [4.69, 9.17) is 5.73 Å². The number of halogens is 2. The molecule has 1 amide bonds. The number of imidazole rings is 1. The van der Waals surface area contributed by atoms with Crippen LogP contribution in [0.5, 0.6) is 0 Å². The van der Waals surface area contributed by atoms with Crippen molar-refractivity contribution in [2.24, 2.45) is 11.7 Å². The van der Waals surface area contributed by atoms with Gasteiger partial charge in [0.1, 0.15) is 0 Å². The Kier molecular flexibility index (Phi) is 11.3. The highest BCUT2D eigenvalue weighted by Gasteiger charge is 2.24. The zero-order valence-electron chi connectivity index (χ0n) is 17.1. The minimum atomic E-state index is -0.543. The van der Waals surface area contributed by atoms with Crippen molar-refractivity contribution in [3.8, 4) is 0 Å². The molecule has 3 N–H and O–H groups in total. The van der Waals surface area contributed by atoms with Crippen LogP contribution in [-0.2, 0) is 17.8 Å². The summed E-state index contributed by atoms with van der Waals surface area (Å²) in [5.41, 5.74) is 8.23. The molecule has 0 spiro atoms. The maximum atomic E-state index is 12.4. The van der Waals surface area contributed by atoms with E-state index in [1.54, 1.807) is 0 Å². The predicted octanol–water partition coefficient (Wildman–Crippen LogP) is 4.12. The molecular weight excluding hydrogens is 407 g/mol. The summed E-state index contributed by atoms with van der Waals surface area (Å²) in [5, 5.41) is 3.15. The van der Waals surface area contributed by atoms with Gasteiger partial charge in [0.2, 0.25) is 5.91 Å². The molecule has 3 rings (SSSR count). The summed E-state index contributed by atoms with van der Waals surface area (Å²) in [5.74, 6) is 0.789. The van der Waals surface area contributed by atoms with Crippen molar-refractivity contribution in [2.45, 2.75) is 70.5 Å². The Morgan fingerprint density at radius 1 is 1.21 bits per heavy atom. The molecule has 1 aromatic carbocycles. The molecule has 1 aliphatic rings. The van der Waals surface area contributed by atoms with E-state index in [0.29, 0.717) is 6.42 Å². The molecule has 162 valence electrons. The number of nitrogens with one attached hydrogen (secondary N) is 1. The van der Waals surface area contributed by atoms with Crippen molar-refractivity contribution < 1.29 is 4.79 Å². The molecule has 29 heavy (non-hydrogen) atoms. The van der Waals surface area contributed by atoms with Crippen molar-refractivity contribution in [3.63, 3.8) is 0 Å². The molecule has 7 heteroatoms. The van der Waals surface area contributed by atoms with Crippen LogP contribution in [-0.4, -0.2) is 27.5 Å². The fourth-order valence-corrected chi connectivity index (χ4v) is 4.02. The Morgan fingerprint density at radius 3 is 2.55 bits per heavy atom. The molecule has 0 unspecified atom stereocenters. The van der Waals surface area contributed by atoms with Crippen molar-refractivity contribution in [1.82, 2.24) is 14.9 Å². The smallest absolute Gasteiger partial charge is 0.237 e. The number of nitrogens with two attached hydrogens (primary N) is 1. The van der Waals surface area contributed by atoms with Gasteiger partial charge in [0.15, 0.2) is 0 Å². The average Bonchev–Trinajstić information content (AvgIpc) is 3.11. The summed E-state index contributed by atoms with van der Waals surface area (Å²) in [6, 6.07) is 10.00. The minimum Gasteiger partial charge on any atom is -0.352 e. The first-order valence-electron chi connectivity index (χ1n) is 10.2. The maximum Gasteiger partial charge on any atom is 0.237 e. The van der Waals surface area contributed by atoms with Crippen molar-refractivity contribution >= 4 is 30.7 Å². The van der Waals surface area contributed by atoms with Crippen LogP contribution in [0.25, 0.3) is 0 Å². The Hall–Kier alpha value is -1.56. The van der Waals surface area contributed by atoms with Gasteiger partial charge >= 0.3 is 0 Å². The van der Waals surface area contributed by atoms with Crippen LogP contribution in [0.15, 0.2) is 42.9 Å². The molecule has 2 aromatic rings. The number of hydrogen-bond donors (Lipinski definition) is 2. The van der Waals surface area contributed by atoms with Crippen LogP contribution in [0, 0.1) is 5.92 Å². The van der Waals surface area contributed by atoms with Gasteiger partial charge in [-0.25, -0.2) is 4.98 Å². The molecule has 0 bridgehead atoms.